The highest BCUT2D eigenvalue weighted by Gasteiger charge is 2.62. The van der Waals surface area contributed by atoms with Gasteiger partial charge in [-0.25, -0.2) is 9.97 Å². The van der Waals surface area contributed by atoms with Crippen LogP contribution in [0.2, 0.25) is 0 Å². The van der Waals surface area contributed by atoms with Crippen LogP contribution in [0.4, 0.5) is 18.9 Å². The third kappa shape index (κ3) is 7.07. The molecule has 1 unspecified atom stereocenters. The van der Waals surface area contributed by atoms with Crippen molar-refractivity contribution >= 4 is 17.5 Å². The third-order valence-corrected chi connectivity index (χ3v) is 10.3. The van der Waals surface area contributed by atoms with Crippen LogP contribution in [0.5, 0.6) is 5.88 Å². The molecular formula is C35H45F3N6O6. The number of aromatic nitrogens is 2. The molecule has 0 bridgehead atoms. The molecular weight excluding hydrogens is 657 g/mol. The molecule has 15 heteroatoms. The molecule has 5 heterocycles. The molecule has 4 aliphatic rings. The fraction of sp³-hybridized carbons (Fsp3) is 0.600. The summed E-state index contributed by atoms with van der Waals surface area (Å²) in [6.45, 7) is 6.67. The number of nitrogens with one attached hydrogen (secondary N) is 1. The van der Waals surface area contributed by atoms with Crippen LogP contribution in [0.1, 0.15) is 69.8 Å². The smallest absolute Gasteiger partial charge is 0.403 e. The first-order chi connectivity index (χ1) is 23.9. The van der Waals surface area contributed by atoms with Crippen LogP contribution in [0, 0.1) is 5.41 Å². The molecule has 6 rings (SSSR count). The summed E-state index contributed by atoms with van der Waals surface area (Å²) in [6.07, 6.45) is -1.39. The number of halogens is 3. The maximum Gasteiger partial charge on any atom is 0.403 e. The number of ether oxygens (including phenoxy) is 3. The number of piperazine rings is 1. The Labute approximate surface area is 289 Å². The predicted molar refractivity (Wildman–Crippen MR) is 177 cm³/mol. The highest BCUT2D eigenvalue weighted by molar-refractivity contribution is 5.99. The molecule has 2 N–H and O–H groups in total. The first-order valence-corrected chi connectivity index (χ1v) is 17.4. The van der Waals surface area contributed by atoms with Gasteiger partial charge >= 0.3 is 12.7 Å². The number of anilines is 1. The number of carbonyl (C=O) groups excluding carboxylic acids is 2. The van der Waals surface area contributed by atoms with Gasteiger partial charge in [-0.05, 0) is 63.8 Å². The van der Waals surface area contributed by atoms with Crippen LogP contribution >= 0.6 is 0 Å². The lowest BCUT2D eigenvalue weighted by Gasteiger charge is -2.45. The number of aliphatic hydroxyl groups is 1. The van der Waals surface area contributed by atoms with E-state index in [0.717, 1.165) is 0 Å². The summed E-state index contributed by atoms with van der Waals surface area (Å²) in [5.41, 5.74) is -0.520. The number of hydrogen-bond donors (Lipinski definition) is 2. The number of pyridine rings is 2. The molecule has 3 atom stereocenters. The second-order valence-electron chi connectivity index (χ2n) is 13.4. The zero-order chi connectivity index (χ0) is 35.6. The minimum atomic E-state index is -4.61. The van der Waals surface area contributed by atoms with Gasteiger partial charge in [-0.3, -0.25) is 14.5 Å². The molecule has 0 radical (unpaired) electrons. The van der Waals surface area contributed by atoms with Crippen molar-refractivity contribution in [2.75, 3.05) is 50.8 Å². The van der Waals surface area contributed by atoms with Gasteiger partial charge in [0.15, 0.2) is 11.5 Å². The lowest BCUT2D eigenvalue weighted by molar-refractivity contribution is -0.226. The van der Waals surface area contributed by atoms with Crippen molar-refractivity contribution in [1.82, 2.24) is 25.1 Å². The summed E-state index contributed by atoms with van der Waals surface area (Å²) in [7, 11) is 0. The average Bonchev–Trinajstić information content (AvgIpc) is 3.85. The monoisotopic (exact) mass is 702 g/mol. The number of likely N-dealkylation sites (tertiary alicyclic amines) is 1. The quantitative estimate of drug-likeness (QED) is 0.367. The molecule has 50 heavy (non-hydrogen) atoms. The molecule has 1 aliphatic carbocycles. The van der Waals surface area contributed by atoms with Gasteiger partial charge in [0.05, 0.1) is 30.1 Å². The second kappa shape index (κ2) is 14.6. The van der Waals surface area contributed by atoms with E-state index in [1.165, 1.54) is 4.90 Å². The van der Waals surface area contributed by atoms with Crippen molar-refractivity contribution in [2.45, 2.75) is 84.0 Å². The minimum absolute atomic E-state index is 0.0976. The van der Waals surface area contributed by atoms with E-state index >= 15 is 0 Å². The Hall–Kier alpha value is -4.11. The predicted octanol–water partition coefficient (Wildman–Crippen LogP) is 4.45. The van der Waals surface area contributed by atoms with Crippen LogP contribution in [-0.4, -0.2) is 107 Å². The molecule has 272 valence electrons. The van der Waals surface area contributed by atoms with E-state index in [1.54, 1.807) is 25.3 Å². The van der Waals surface area contributed by atoms with E-state index < -0.39 is 29.9 Å². The molecule has 2 aromatic rings. The number of amides is 2. The topological polar surface area (TPSA) is 130 Å². The van der Waals surface area contributed by atoms with Crippen molar-refractivity contribution in [3.05, 3.63) is 47.7 Å². The van der Waals surface area contributed by atoms with Gasteiger partial charge in [-0.2, -0.15) is 13.2 Å². The summed E-state index contributed by atoms with van der Waals surface area (Å²) in [4.78, 5) is 42.4. The van der Waals surface area contributed by atoms with Crippen molar-refractivity contribution in [2.24, 2.45) is 5.41 Å². The van der Waals surface area contributed by atoms with Gasteiger partial charge < -0.3 is 34.4 Å². The van der Waals surface area contributed by atoms with Crippen LogP contribution in [-0.2, 0) is 14.3 Å². The first-order valence-electron chi connectivity index (χ1n) is 17.4. The number of nitrogens with zero attached hydrogens (tertiary/aromatic N) is 5. The van der Waals surface area contributed by atoms with Crippen molar-refractivity contribution in [3.63, 3.8) is 0 Å². The fourth-order valence-corrected chi connectivity index (χ4v) is 7.59. The zero-order valence-corrected chi connectivity index (χ0v) is 28.7. The van der Waals surface area contributed by atoms with Crippen molar-refractivity contribution in [3.8, 4) is 17.1 Å². The Balaban J connectivity index is 1.26. The van der Waals surface area contributed by atoms with Crippen LogP contribution in [0.25, 0.3) is 11.3 Å². The summed E-state index contributed by atoms with van der Waals surface area (Å²) in [5.74, 6) is 0.205. The number of allylic oxidation sites excluding steroid dienone is 1. The standard InChI is InChI=1S/C35H45F3N6O6/c1-4-24-20-43(32(46)34(35(36,37)38)13-6-7-14-34)17-18-44(24)27-11-10-26(25-9-8-15-39-31(25)48-5-2)41-29(27)30(45)40-23-12-16-42(19-23)21-28-22(3)49-33(47)50-28/h8-11,15,23-24,33,47H,4-7,12-14,16-21H2,1-3H3,(H,40,45)/t23-,24-,33?/m1/s1. The summed E-state index contributed by atoms with van der Waals surface area (Å²) >= 11 is 0. The van der Waals surface area contributed by atoms with E-state index in [1.807, 2.05) is 30.9 Å². The van der Waals surface area contributed by atoms with E-state index in [0.29, 0.717) is 86.3 Å². The molecule has 2 aromatic heterocycles. The Morgan fingerprint density at radius 3 is 2.56 bits per heavy atom. The largest absolute Gasteiger partial charge is 0.477 e. The Morgan fingerprint density at radius 1 is 1.10 bits per heavy atom. The van der Waals surface area contributed by atoms with Gasteiger partial charge in [0.2, 0.25) is 11.8 Å². The first kappa shape index (κ1) is 35.7. The molecule has 1 saturated carbocycles. The third-order valence-electron chi connectivity index (χ3n) is 10.3. The molecule has 3 aliphatic heterocycles. The Morgan fingerprint density at radius 2 is 1.88 bits per heavy atom. The Bertz CT molecular complexity index is 1600. The van der Waals surface area contributed by atoms with E-state index in [4.69, 9.17) is 19.2 Å². The normalized spacial score (nSPS) is 23.9. The summed E-state index contributed by atoms with van der Waals surface area (Å²) < 4.78 is 59.2. The Kier molecular flexibility index (Phi) is 10.4. The maximum absolute atomic E-state index is 14.3. The van der Waals surface area contributed by atoms with E-state index in [-0.39, 0.29) is 50.3 Å². The van der Waals surface area contributed by atoms with Gasteiger partial charge in [0.1, 0.15) is 11.2 Å². The van der Waals surface area contributed by atoms with Crippen molar-refractivity contribution in [1.29, 1.82) is 0 Å². The average molecular weight is 703 g/mol. The molecule has 2 amide bonds. The van der Waals surface area contributed by atoms with E-state index in [9.17, 15) is 27.9 Å². The highest BCUT2D eigenvalue weighted by Crippen LogP contribution is 2.52. The summed E-state index contributed by atoms with van der Waals surface area (Å²) in [5, 5.41) is 12.8. The van der Waals surface area contributed by atoms with Gasteiger partial charge in [-0.15, -0.1) is 0 Å². The van der Waals surface area contributed by atoms with Gasteiger partial charge in [0.25, 0.3) is 5.91 Å². The highest BCUT2D eigenvalue weighted by atomic mass is 19.4. The molecule has 2 saturated heterocycles. The minimum Gasteiger partial charge on any atom is -0.477 e. The van der Waals surface area contributed by atoms with Crippen LogP contribution in [0.15, 0.2) is 42.0 Å². The van der Waals surface area contributed by atoms with Crippen LogP contribution in [0.3, 0.4) is 0 Å². The molecule has 0 spiro atoms. The molecule has 0 aromatic carbocycles. The lowest BCUT2D eigenvalue weighted by atomic mass is 9.83. The second-order valence-corrected chi connectivity index (χ2v) is 13.4. The number of rotatable bonds is 10. The van der Waals surface area contributed by atoms with Crippen molar-refractivity contribution < 1.29 is 42.1 Å². The van der Waals surface area contributed by atoms with Gasteiger partial charge in [-0.1, -0.05) is 19.8 Å². The molecule has 3 fully saturated rings. The fourth-order valence-electron chi connectivity index (χ4n) is 7.59. The zero-order valence-electron chi connectivity index (χ0n) is 28.7. The SMILES string of the molecule is CCOc1ncccc1-c1ccc(N2CCN(C(=O)C3(C(F)(F)F)CCCC3)C[C@H]2CC)c(C(=O)N[C@@H]2CCN(CC3=C(C)OC(O)O3)C2)n1. The van der Waals surface area contributed by atoms with Crippen LogP contribution < -0.4 is 15.0 Å². The summed E-state index contributed by atoms with van der Waals surface area (Å²) in [6, 6.07) is 6.65. The lowest BCUT2D eigenvalue weighted by Crippen LogP contribution is -2.60. The van der Waals surface area contributed by atoms with E-state index in [2.05, 4.69) is 15.2 Å². The number of hydrogen-bond acceptors (Lipinski definition) is 10. The maximum atomic E-state index is 14.3. The van der Waals surface area contributed by atoms with Gasteiger partial charge in [0, 0.05) is 51.0 Å². The number of aliphatic hydroxyl groups excluding tert-OH is 1. The molecule has 12 nitrogen and oxygen atoms in total. The number of carbonyl (C=O) groups is 2. The number of alkyl halides is 3.